The molecule has 4 aliphatic rings. The molecule has 0 spiro atoms. The van der Waals surface area contributed by atoms with E-state index in [0.717, 1.165) is 31.3 Å². The second-order valence-electron chi connectivity index (χ2n) is 14.0. The van der Waals surface area contributed by atoms with Crippen LogP contribution in [0.2, 0.25) is 0 Å². The Bertz CT molecular complexity index is 2090. The van der Waals surface area contributed by atoms with Crippen molar-refractivity contribution in [3.05, 3.63) is 68.4 Å². The maximum atomic E-state index is 15.0. The number of aromatic hydroxyl groups is 1. The lowest BCUT2D eigenvalue weighted by atomic mass is 9.56. The summed E-state index contributed by atoms with van der Waals surface area (Å²) in [5.74, 6) is -8.71. The molecule has 6 rings (SSSR count). The molecular weight excluding hydrogens is 728 g/mol. The number of fused-ring (bicyclic) bond motifs is 5. The number of benzene rings is 2. The minimum Gasteiger partial charge on any atom is -0.506 e. The standard InChI is InChI=1S/C37H40N2O16/c1-13-8-15-9-21(42)37(53-7)32(47)24-17(31(46)36(37,50)25(15)30(22(13)34(48)52-6)55-35(49)39(3)4)10-16-23(28(24)45)20(41)11-19(26(16)43)38-33-18(12-40)27(44)29(51-5)14(2)54-33/h8,10-11,14,18,21,27,29,33,38,40,42,44-45,50H,9,12H2,1-7H3/t14-,18+,21+,27-,29-,33?,36-,37+/m0/s1. The summed E-state index contributed by atoms with van der Waals surface area (Å²) in [5.41, 5.74) is -10.5. The van der Waals surface area contributed by atoms with Crippen molar-refractivity contribution in [1.82, 2.24) is 10.2 Å². The van der Waals surface area contributed by atoms with Crippen LogP contribution in [0.3, 0.4) is 0 Å². The van der Waals surface area contributed by atoms with Crippen molar-refractivity contribution >= 4 is 35.2 Å². The van der Waals surface area contributed by atoms with Crippen molar-refractivity contribution in [2.24, 2.45) is 5.92 Å². The second-order valence-corrected chi connectivity index (χ2v) is 14.0. The molecule has 8 atom stereocenters. The number of amides is 1. The van der Waals surface area contributed by atoms with Crippen LogP contribution in [0, 0.1) is 12.8 Å². The summed E-state index contributed by atoms with van der Waals surface area (Å²) in [6.45, 7) is 2.40. The van der Waals surface area contributed by atoms with Gasteiger partial charge in [0.1, 0.15) is 23.6 Å². The number of carbonyl (C=O) groups is 6. The van der Waals surface area contributed by atoms with Gasteiger partial charge in [0.15, 0.2) is 22.7 Å². The minimum atomic E-state index is -3.31. The number of rotatable bonds is 7. The molecule has 3 aliphatic carbocycles. The Morgan fingerprint density at radius 1 is 1.04 bits per heavy atom. The number of ketones is 4. The smallest absolute Gasteiger partial charge is 0.414 e. The van der Waals surface area contributed by atoms with Crippen LogP contribution in [0.25, 0.3) is 0 Å². The number of nitrogens with zero attached hydrogens (tertiary/aromatic N) is 1. The zero-order chi connectivity index (χ0) is 40.6. The number of Topliss-reactive ketones (excluding diaryl/α,β-unsaturated/α-hetero) is 3. The van der Waals surface area contributed by atoms with Gasteiger partial charge in [0.2, 0.25) is 17.3 Å². The fourth-order valence-corrected chi connectivity index (χ4v) is 8.15. The van der Waals surface area contributed by atoms with Gasteiger partial charge >= 0.3 is 12.1 Å². The quantitative estimate of drug-likeness (QED) is 0.197. The SMILES string of the molecule is COC(=O)c1c(C)cc2c(c1OC(=O)N(C)C)[C@]1(O)C(=O)c3cc4c(c(O)c3C(=O)[C@]1(OC)[C@H](O)C2)C(=O)C=C(NC1O[C@@H](C)[C@H](OC)[C@@H](O)[C@H]1CO)C4=O. The Kier molecular flexibility index (Phi) is 10.0. The normalized spacial score (nSPS) is 29.7. The van der Waals surface area contributed by atoms with Gasteiger partial charge in [-0.3, -0.25) is 19.2 Å². The number of esters is 1. The molecule has 0 saturated carbocycles. The molecule has 18 nitrogen and oxygen atoms in total. The Hall–Kier alpha value is -5.08. The van der Waals surface area contributed by atoms with E-state index < -0.39 is 147 Å². The van der Waals surface area contributed by atoms with Crippen LogP contribution in [-0.4, -0.2) is 144 Å². The van der Waals surface area contributed by atoms with E-state index in [2.05, 4.69) is 5.32 Å². The van der Waals surface area contributed by atoms with Crippen LogP contribution in [0.5, 0.6) is 11.5 Å². The molecule has 1 unspecified atom stereocenters. The third kappa shape index (κ3) is 5.42. The van der Waals surface area contributed by atoms with E-state index in [-0.39, 0.29) is 11.1 Å². The molecule has 0 aromatic heterocycles. The van der Waals surface area contributed by atoms with Crippen LogP contribution >= 0.6 is 0 Å². The third-order valence-electron chi connectivity index (χ3n) is 10.8. The Balaban J connectivity index is 1.56. The molecule has 0 radical (unpaired) electrons. The molecule has 55 heavy (non-hydrogen) atoms. The zero-order valence-corrected chi connectivity index (χ0v) is 30.8. The average Bonchev–Trinajstić information content (AvgIpc) is 3.12. The lowest BCUT2D eigenvalue weighted by Crippen LogP contribution is -2.73. The highest BCUT2D eigenvalue weighted by Gasteiger charge is 2.73. The maximum absolute atomic E-state index is 15.0. The van der Waals surface area contributed by atoms with E-state index in [0.29, 0.717) is 0 Å². The summed E-state index contributed by atoms with van der Waals surface area (Å²) in [6, 6.07) is 2.15. The van der Waals surface area contributed by atoms with Gasteiger partial charge in [-0.05, 0) is 31.0 Å². The van der Waals surface area contributed by atoms with Crippen LogP contribution in [0.15, 0.2) is 23.9 Å². The van der Waals surface area contributed by atoms with Crippen LogP contribution in [-0.2, 0) is 31.0 Å². The van der Waals surface area contributed by atoms with E-state index in [4.69, 9.17) is 23.7 Å². The molecule has 2 aromatic rings. The highest BCUT2D eigenvalue weighted by Crippen LogP contribution is 2.57. The largest absolute Gasteiger partial charge is 0.506 e. The van der Waals surface area contributed by atoms with Crippen LogP contribution in [0.1, 0.15) is 75.4 Å². The van der Waals surface area contributed by atoms with Crippen molar-refractivity contribution in [2.75, 3.05) is 42.0 Å². The molecule has 1 aliphatic heterocycles. The molecule has 1 saturated heterocycles. The van der Waals surface area contributed by atoms with E-state index in [1.807, 2.05) is 0 Å². The lowest BCUT2D eigenvalue weighted by molar-refractivity contribution is -0.214. The molecule has 1 fully saturated rings. The first kappa shape index (κ1) is 39.6. The van der Waals surface area contributed by atoms with Gasteiger partial charge in [-0.25, -0.2) is 9.59 Å². The summed E-state index contributed by atoms with van der Waals surface area (Å²) in [7, 11) is 5.91. The fraction of sp³-hybridized carbons (Fsp3) is 0.459. The van der Waals surface area contributed by atoms with Gasteiger partial charge < -0.3 is 59.4 Å². The fourth-order valence-electron chi connectivity index (χ4n) is 8.15. The molecule has 1 amide bonds. The number of aryl methyl sites for hydroxylation is 1. The second kappa shape index (κ2) is 13.9. The number of aliphatic hydroxyl groups is 4. The van der Waals surface area contributed by atoms with Crippen LogP contribution < -0.4 is 10.1 Å². The Morgan fingerprint density at radius 2 is 1.71 bits per heavy atom. The van der Waals surface area contributed by atoms with Crippen molar-refractivity contribution in [3.63, 3.8) is 0 Å². The lowest BCUT2D eigenvalue weighted by Gasteiger charge is -2.53. The summed E-state index contributed by atoms with van der Waals surface area (Å²) >= 11 is 0. The van der Waals surface area contributed by atoms with Gasteiger partial charge in [0, 0.05) is 57.5 Å². The number of hydrogen-bond donors (Lipinski definition) is 6. The Morgan fingerprint density at radius 3 is 2.29 bits per heavy atom. The number of carbonyl (C=O) groups excluding carboxylic acids is 6. The number of allylic oxidation sites excluding steroid dienone is 2. The Labute approximate surface area is 313 Å². The number of aliphatic hydroxyl groups excluding tert-OH is 3. The monoisotopic (exact) mass is 768 g/mol. The summed E-state index contributed by atoms with van der Waals surface area (Å²) in [5, 5.41) is 59.7. The molecule has 6 N–H and O–H groups in total. The molecule has 18 heteroatoms. The van der Waals surface area contributed by atoms with E-state index in [1.165, 1.54) is 34.2 Å². The number of phenols is 1. The van der Waals surface area contributed by atoms with Gasteiger partial charge in [0.25, 0.3) is 0 Å². The highest BCUT2D eigenvalue weighted by atomic mass is 16.6. The van der Waals surface area contributed by atoms with Crippen molar-refractivity contribution in [3.8, 4) is 11.5 Å². The predicted molar refractivity (Wildman–Crippen MR) is 184 cm³/mol. The molecule has 294 valence electrons. The first-order chi connectivity index (χ1) is 25.9. The van der Waals surface area contributed by atoms with Crippen molar-refractivity contribution in [1.29, 1.82) is 0 Å². The zero-order valence-electron chi connectivity index (χ0n) is 30.8. The highest BCUT2D eigenvalue weighted by molar-refractivity contribution is 6.31. The molecule has 1 heterocycles. The van der Waals surface area contributed by atoms with Gasteiger partial charge in [0.05, 0.1) is 54.8 Å². The topological polar surface area (TPSA) is 265 Å². The number of nitrogens with one attached hydrogen (secondary N) is 1. The maximum Gasteiger partial charge on any atom is 0.414 e. The van der Waals surface area contributed by atoms with Gasteiger partial charge in [-0.1, -0.05) is 6.07 Å². The number of ether oxygens (including phenoxy) is 5. The molecule has 0 bridgehead atoms. The summed E-state index contributed by atoms with van der Waals surface area (Å²) in [4.78, 5) is 84.5. The first-order valence-corrected chi connectivity index (χ1v) is 17.0. The third-order valence-corrected chi connectivity index (χ3v) is 10.8. The minimum absolute atomic E-state index is 0.0279. The molecule has 2 aromatic carbocycles. The summed E-state index contributed by atoms with van der Waals surface area (Å²) < 4.78 is 27.2. The number of hydrogen-bond acceptors (Lipinski definition) is 17. The molecular formula is C37H40N2O16. The van der Waals surface area contributed by atoms with Crippen LogP contribution in [0.4, 0.5) is 4.79 Å². The van der Waals surface area contributed by atoms with Crippen molar-refractivity contribution in [2.45, 2.75) is 62.1 Å². The van der Waals surface area contributed by atoms with Gasteiger partial charge in [-0.2, -0.15) is 0 Å². The van der Waals surface area contributed by atoms with E-state index in [9.17, 15) is 54.3 Å². The average molecular weight is 769 g/mol. The van der Waals surface area contributed by atoms with Gasteiger partial charge in [-0.15, -0.1) is 0 Å². The number of methoxy groups -OCH3 is 3. The van der Waals surface area contributed by atoms with E-state index >= 15 is 0 Å². The first-order valence-electron chi connectivity index (χ1n) is 17.0. The van der Waals surface area contributed by atoms with Crippen molar-refractivity contribution < 1.29 is 78.0 Å². The summed E-state index contributed by atoms with van der Waals surface area (Å²) in [6.07, 6.45) is -6.88. The van der Waals surface area contributed by atoms with E-state index in [1.54, 1.807) is 6.92 Å². The predicted octanol–water partition coefficient (Wildman–Crippen LogP) is -0.302. The number of phenolic OH excluding ortho intramolecular Hbond substituents is 1.